The number of hydrogen-bond acceptors (Lipinski definition) is 2. The van der Waals surface area contributed by atoms with Gasteiger partial charge in [0.15, 0.2) is 0 Å². The third kappa shape index (κ3) is 2.91. The Hall–Kier alpha value is -1.64. The molecule has 0 amide bonds. The summed E-state index contributed by atoms with van der Waals surface area (Å²) in [5.41, 5.74) is 6.24. The van der Waals surface area contributed by atoms with Gasteiger partial charge in [0.05, 0.1) is 25.4 Å². The van der Waals surface area contributed by atoms with Crippen molar-refractivity contribution in [1.82, 2.24) is 0 Å². The van der Waals surface area contributed by atoms with Crippen LogP contribution in [0, 0.1) is 23.7 Å². The van der Waals surface area contributed by atoms with Gasteiger partial charge in [-0.2, -0.15) is 0 Å². The zero-order valence-corrected chi connectivity index (χ0v) is 17.8. The lowest BCUT2D eigenvalue weighted by molar-refractivity contribution is -0.0418. The summed E-state index contributed by atoms with van der Waals surface area (Å²) in [5, 5.41) is 0. The first-order chi connectivity index (χ1) is 14.8. The molecule has 6 aliphatic rings. The van der Waals surface area contributed by atoms with Gasteiger partial charge in [-0.3, -0.25) is 0 Å². The normalized spacial score (nSPS) is 40.5. The molecule has 2 nitrogen and oxygen atoms in total. The van der Waals surface area contributed by atoms with Gasteiger partial charge >= 0.3 is 0 Å². The summed E-state index contributed by atoms with van der Waals surface area (Å²) in [4.78, 5) is 0. The second-order valence-electron chi connectivity index (χ2n) is 10.9. The Morgan fingerprint density at radius 1 is 0.600 bits per heavy atom. The fourth-order valence-electron chi connectivity index (χ4n) is 7.77. The average Bonchev–Trinajstić information content (AvgIpc) is 3.67. The van der Waals surface area contributed by atoms with Gasteiger partial charge in [-0.25, -0.2) is 0 Å². The van der Waals surface area contributed by atoms with Crippen LogP contribution < -0.4 is 0 Å². The first kappa shape index (κ1) is 18.0. The van der Waals surface area contributed by atoms with Crippen LogP contribution in [0.3, 0.4) is 0 Å². The van der Waals surface area contributed by atoms with E-state index in [4.69, 9.17) is 9.47 Å². The first-order valence-electron chi connectivity index (χ1n) is 12.2. The standard InChI is InChI=1S/C28H32O2/c1-5-22(6-2-18(1)14-26-16-29-26)28(23-7-3-19(4-8-23)15-27-17-30-27)24-10-20-9-21(12-24)13-25(28)11-20/h1-8,20-21,24-27H,9-17H2. The van der Waals surface area contributed by atoms with Crippen molar-refractivity contribution in [3.8, 4) is 0 Å². The molecule has 0 aromatic heterocycles. The van der Waals surface area contributed by atoms with E-state index in [-0.39, 0.29) is 5.41 Å². The second-order valence-corrected chi connectivity index (χ2v) is 10.9. The Kier molecular flexibility index (Phi) is 4.00. The van der Waals surface area contributed by atoms with E-state index in [1.54, 1.807) is 11.1 Å². The van der Waals surface area contributed by atoms with Crippen LogP contribution in [-0.4, -0.2) is 25.4 Å². The average molecular weight is 401 g/mol. The minimum absolute atomic E-state index is 0.219. The monoisotopic (exact) mass is 400 g/mol. The molecule has 2 saturated heterocycles. The van der Waals surface area contributed by atoms with Crippen LogP contribution in [0.2, 0.25) is 0 Å². The highest BCUT2D eigenvalue weighted by Crippen LogP contribution is 2.65. The van der Waals surface area contributed by atoms with E-state index in [0.29, 0.717) is 12.2 Å². The molecule has 8 rings (SSSR count). The molecule has 0 radical (unpaired) electrons. The maximum atomic E-state index is 5.46. The van der Waals surface area contributed by atoms with E-state index in [9.17, 15) is 0 Å². The predicted molar refractivity (Wildman–Crippen MR) is 118 cm³/mol. The number of benzene rings is 2. The molecular weight excluding hydrogens is 368 g/mol. The summed E-state index contributed by atoms with van der Waals surface area (Å²) in [6.45, 7) is 1.88. The zero-order chi connectivity index (χ0) is 19.7. The molecule has 156 valence electrons. The highest BCUT2D eigenvalue weighted by molar-refractivity contribution is 5.45. The van der Waals surface area contributed by atoms with Gasteiger partial charge in [0.1, 0.15) is 0 Å². The molecule has 4 aliphatic carbocycles. The van der Waals surface area contributed by atoms with E-state index < -0.39 is 0 Å². The highest BCUT2D eigenvalue weighted by atomic mass is 16.6. The third-order valence-corrected chi connectivity index (χ3v) is 9.02. The van der Waals surface area contributed by atoms with Gasteiger partial charge in [0.2, 0.25) is 0 Å². The molecule has 30 heavy (non-hydrogen) atoms. The van der Waals surface area contributed by atoms with E-state index in [1.165, 1.54) is 43.2 Å². The molecule has 2 unspecified atom stereocenters. The molecule has 2 aliphatic heterocycles. The summed E-state index contributed by atoms with van der Waals surface area (Å²) in [6.07, 6.45) is 10.3. The number of rotatable bonds is 6. The SMILES string of the molecule is c1cc(C2(c3ccc(CC4CO4)cc3)C3CC4CC(C3)CC2C4)ccc1CC1CO1. The van der Waals surface area contributed by atoms with E-state index in [0.717, 1.165) is 49.7 Å². The lowest BCUT2D eigenvalue weighted by Gasteiger charge is -2.62. The van der Waals surface area contributed by atoms with Crippen LogP contribution in [-0.2, 0) is 27.7 Å². The Bertz CT molecular complexity index is 833. The molecule has 6 fully saturated rings. The van der Waals surface area contributed by atoms with Crippen molar-refractivity contribution < 1.29 is 9.47 Å². The van der Waals surface area contributed by atoms with Gasteiger partial charge in [-0.15, -0.1) is 0 Å². The lowest BCUT2D eigenvalue weighted by atomic mass is 9.42. The number of ether oxygens (including phenoxy) is 2. The molecule has 2 aromatic carbocycles. The minimum Gasteiger partial charge on any atom is -0.373 e. The molecule has 4 bridgehead atoms. The highest BCUT2D eigenvalue weighted by Gasteiger charge is 2.58. The van der Waals surface area contributed by atoms with Gasteiger partial charge < -0.3 is 9.47 Å². The fourth-order valence-corrected chi connectivity index (χ4v) is 7.77. The van der Waals surface area contributed by atoms with Crippen molar-refractivity contribution in [2.24, 2.45) is 23.7 Å². The van der Waals surface area contributed by atoms with Gasteiger partial charge in [-0.1, -0.05) is 48.5 Å². The lowest BCUT2D eigenvalue weighted by Crippen LogP contribution is -2.56. The molecular formula is C28H32O2. The van der Waals surface area contributed by atoms with Crippen LogP contribution in [0.15, 0.2) is 48.5 Å². The van der Waals surface area contributed by atoms with Crippen molar-refractivity contribution in [3.63, 3.8) is 0 Å². The topological polar surface area (TPSA) is 25.1 Å². The van der Waals surface area contributed by atoms with E-state index in [2.05, 4.69) is 48.5 Å². The van der Waals surface area contributed by atoms with Crippen molar-refractivity contribution in [3.05, 3.63) is 70.8 Å². The molecule has 2 heteroatoms. The van der Waals surface area contributed by atoms with Crippen LogP contribution in [0.4, 0.5) is 0 Å². The van der Waals surface area contributed by atoms with Gasteiger partial charge in [-0.05, 0) is 78.0 Å². The summed E-state index contributed by atoms with van der Waals surface area (Å²) < 4.78 is 10.9. The Morgan fingerprint density at radius 2 is 1.00 bits per heavy atom. The second kappa shape index (κ2) is 6.68. The quantitative estimate of drug-likeness (QED) is 0.614. The molecule has 0 spiro atoms. The van der Waals surface area contributed by atoms with Crippen molar-refractivity contribution in [1.29, 1.82) is 0 Å². The van der Waals surface area contributed by atoms with E-state index in [1.807, 2.05) is 0 Å². The largest absolute Gasteiger partial charge is 0.373 e. The Morgan fingerprint density at radius 3 is 1.37 bits per heavy atom. The third-order valence-electron chi connectivity index (χ3n) is 9.02. The molecule has 2 heterocycles. The summed E-state index contributed by atoms with van der Waals surface area (Å²) in [6, 6.07) is 19.5. The fraction of sp³-hybridized carbons (Fsp3) is 0.571. The Labute approximate surface area is 180 Å². The van der Waals surface area contributed by atoms with Crippen molar-refractivity contribution in [2.45, 2.75) is 62.6 Å². The van der Waals surface area contributed by atoms with Crippen molar-refractivity contribution in [2.75, 3.05) is 13.2 Å². The Balaban J connectivity index is 1.29. The molecule has 4 saturated carbocycles. The van der Waals surface area contributed by atoms with Crippen LogP contribution in [0.1, 0.15) is 54.4 Å². The summed E-state index contributed by atoms with van der Waals surface area (Å²) >= 11 is 0. The maximum Gasteiger partial charge on any atom is 0.0850 e. The first-order valence-corrected chi connectivity index (χ1v) is 12.2. The minimum atomic E-state index is 0.219. The van der Waals surface area contributed by atoms with Crippen LogP contribution in [0.5, 0.6) is 0 Å². The zero-order valence-electron chi connectivity index (χ0n) is 17.8. The molecule has 0 N–H and O–H groups in total. The van der Waals surface area contributed by atoms with Gasteiger partial charge in [0.25, 0.3) is 0 Å². The van der Waals surface area contributed by atoms with Gasteiger partial charge in [0, 0.05) is 18.3 Å². The summed E-state index contributed by atoms with van der Waals surface area (Å²) in [7, 11) is 0. The smallest absolute Gasteiger partial charge is 0.0850 e. The maximum absolute atomic E-state index is 5.46. The summed E-state index contributed by atoms with van der Waals surface area (Å²) in [5.74, 6) is 3.59. The molecule has 2 atom stereocenters. The molecule has 2 aromatic rings. The van der Waals surface area contributed by atoms with Crippen molar-refractivity contribution >= 4 is 0 Å². The number of epoxide rings is 2. The van der Waals surface area contributed by atoms with Crippen LogP contribution in [0.25, 0.3) is 0 Å². The van der Waals surface area contributed by atoms with Crippen LogP contribution >= 0.6 is 0 Å². The van der Waals surface area contributed by atoms with E-state index >= 15 is 0 Å². The predicted octanol–water partition coefficient (Wildman–Crippen LogP) is 5.31. The number of hydrogen-bond donors (Lipinski definition) is 0.